The molecule has 0 heterocycles. The lowest BCUT2D eigenvalue weighted by molar-refractivity contribution is 0.0734. The molecule has 3 rings (SSSR count). The Morgan fingerprint density at radius 3 is 1.54 bits per heavy atom. The highest BCUT2D eigenvalue weighted by Crippen LogP contribution is 2.27. The van der Waals surface area contributed by atoms with Crippen molar-refractivity contribution in [2.24, 2.45) is 0 Å². The van der Waals surface area contributed by atoms with Crippen LogP contribution < -0.4 is 9.47 Å². The van der Waals surface area contributed by atoms with Gasteiger partial charge in [-0.25, -0.2) is 9.59 Å². The summed E-state index contributed by atoms with van der Waals surface area (Å²) in [5, 5.41) is 0.646. The van der Waals surface area contributed by atoms with Crippen molar-refractivity contribution in [3.05, 3.63) is 93.0 Å². The van der Waals surface area contributed by atoms with Gasteiger partial charge in [-0.1, -0.05) is 41.4 Å². The third kappa shape index (κ3) is 4.71. The van der Waals surface area contributed by atoms with Crippen LogP contribution in [0.15, 0.2) is 60.7 Å². The van der Waals surface area contributed by atoms with Crippen LogP contribution in [-0.4, -0.2) is 11.9 Å². The number of benzene rings is 3. The average molecular weight is 415 g/mol. The molecule has 0 unspecified atom stereocenters. The van der Waals surface area contributed by atoms with Crippen molar-refractivity contribution in [2.45, 2.75) is 13.8 Å². The Morgan fingerprint density at radius 1 is 0.679 bits per heavy atom. The van der Waals surface area contributed by atoms with Gasteiger partial charge in [0.2, 0.25) is 0 Å². The fraction of sp³-hybridized carbons (Fsp3) is 0.0909. The second-order valence-corrected chi connectivity index (χ2v) is 7.04. The van der Waals surface area contributed by atoms with Crippen LogP contribution in [0.25, 0.3) is 0 Å². The average Bonchev–Trinajstić information content (AvgIpc) is 2.67. The smallest absolute Gasteiger partial charge is 0.343 e. The van der Waals surface area contributed by atoms with Crippen molar-refractivity contribution in [1.29, 1.82) is 0 Å². The predicted octanol–water partition coefficient (Wildman–Crippen LogP) is 6.05. The van der Waals surface area contributed by atoms with Crippen molar-refractivity contribution < 1.29 is 19.1 Å². The Balaban J connectivity index is 1.79. The van der Waals surface area contributed by atoms with Crippen LogP contribution in [0.4, 0.5) is 0 Å². The summed E-state index contributed by atoms with van der Waals surface area (Å²) in [5.74, 6) is -0.746. The molecule has 0 aliphatic carbocycles. The summed E-state index contributed by atoms with van der Waals surface area (Å²) in [4.78, 5) is 24.9. The SMILES string of the molecule is Cc1ccc(Cl)c(OC(=O)c2cccc(C(=O)Oc3cc(C)ccc3Cl)c2)c1. The van der Waals surface area contributed by atoms with E-state index >= 15 is 0 Å². The zero-order valence-corrected chi connectivity index (χ0v) is 16.7. The third-order valence-electron chi connectivity index (χ3n) is 3.91. The van der Waals surface area contributed by atoms with E-state index in [1.165, 1.54) is 6.07 Å². The van der Waals surface area contributed by atoms with Crippen molar-refractivity contribution in [3.63, 3.8) is 0 Å². The molecule has 3 aromatic rings. The maximum atomic E-state index is 12.5. The standard InChI is InChI=1S/C22H16Cl2O4/c1-13-6-8-17(23)19(10-13)27-21(25)15-4-3-5-16(12-15)22(26)28-20-11-14(2)7-9-18(20)24/h3-12H,1-2H3. The zero-order chi connectivity index (χ0) is 20.3. The Kier molecular flexibility index (Phi) is 6.02. The van der Waals surface area contributed by atoms with Gasteiger partial charge in [0.25, 0.3) is 0 Å². The minimum absolute atomic E-state index is 0.197. The lowest BCUT2D eigenvalue weighted by atomic mass is 10.1. The molecule has 0 bridgehead atoms. The van der Waals surface area contributed by atoms with E-state index in [9.17, 15) is 9.59 Å². The lowest BCUT2D eigenvalue weighted by Gasteiger charge is -2.09. The van der Waals surface area contributed by atoms with Crippen LogP contribution >= 0.6 is 23.2 Å². The van der Waals surface area contributed by atoms with Crippen LogP contribution in [0.5, 0.6) is 11.5 Å². The normalized spacial score (nSPS) is 10.4. The quantitative estimate of drug-likeness (QED) is 0.385. The summed E-state index contributed by atoms with van der Waals surface area (Å²) in [6.45, 7) is 3.72. The van der Waals surface area contributed by atoms with Crippen LogP contribution in [0.2, 0.25) is 10.0 Å². The van der Waals surface area contributed by atoms with Gasteiger partial charge >= 0.3 is 11.9 Å². The summed E-state index contributed by atoms with van der Waals surface area (Å²) in [6, 6.07) is 16.3. The van der Waals surface area contributed by atoms with Gasteiger partial charge in [0.15, 0.2) is 0 Å². The molecule has 0 aliphatic rings. The van der Waals surface area contributed by atoms with Crippen molar-refractivity contribution >= 4 is 35.1 Å². The molecule has 0 N–H and O–H groups in total. The minimum Gasteiger partial charge on any atom is -0.421 e. The van der Waals surface area contributed by atoms with Crippen LogP contribution in [-0.2, 0) is 0 Å². The Morgan fingerprint density at radius 2 is 1.11 bits per heavy atom. The molecule has 0 amide bonds. The second kappa shape index (κ2) is 8.46. The molecule has 6 heteroatoms. The molecular weight excluding hydrogens is 399 g/mol. The molecule has 0 saturated carbocycles. The number of esters is 2. The number of rotatable bonds is 4. The van der Waals surface area contributed by atoms with E-state index in [1.807, 2.05) is 26.0 Å². The number of carbonyl (C=O) groups is 2. The highest BCUT2D eigenvalue weighted by molar-refractivity contribution is 6.32. The van der Waals surface area contributed by atoms with Gasteiger partial charge in [0, 0.05) is 0 Å². The predicted molar refractivity (Wildman–Crippen MR) is 109 cm³/mol. The maximum absolute atomic E-state index is 12.5. The van der Waals surface area contributed by atoms with E-state index in [2.05, 4.69) is 0 Å². The summed E-state index contributed by atoms with van der Waals surface area (Å²) >= 11 is 12.1. The van der Waals surface area contributed by atoms with Crippen LogP contribution in [0, 0.1) is 13.8 Å². The van der Waals surface area contributed by atoms with Gasteiger partial charge in [-0.05, 0) is 67.4 Å². The summed E-state index contributed by atoms with van der Waals surface area (Å²) in [7, 11) is 0. The maximum Gasteiger partial charge on any atom is 0.343 e. The highest BCUT2D eigenvalue weighted by Gasteiger charge is 2.16. The first-order chi connectivity index (χ1) is 13.3. The van der Waals surface area contributed by atoms with Gasteiger partial charge in [0.05, 0.1) is 21.2 Å². The van der Waals surface area contributed by atoms with Gasteiger partial charge in [-0.3, -0.25) is 0 Å². The fourth-order valence-electron chi connectivity index (χ4n) is 2.47. The minimum atomic E-state index is -0.629. The number of halogens is 2. The second-order valence-electron chi connectivity index (χ2n) is 6.23. The van der Waals surface area contributed by atoms with E-state index in [-0.39, 0.29) is 22.6 Å². The summed E-state index contributed by atoms with van der Waals surface area (Å²) in [5.41, 5.74) is 2.20. The first-order valence-electron chi connectivity index (χ1n) is 8.40. The molecule has 4 nitrogen and oxygen atoms in total. The molecule has 0 aromatic heterocycles. The Labute approximate surface area is 172 Å². The van der Waals surface area contributed by atoms with Gasteiger partial charge in [0.1, 0.15) is 11.5 Å². The number of hydrogen-bond donors (Lipinski definition) is 0. The number of hydrogen-bond acceptors (Lipinski definition) is 4. The van der Waals surface area contributed by atoms with E-state index in [0.29, 0.717) is 10.0 Å². The van der Waals surface area contributed by atoms with Gasteiger partial charge in [-0.2, -0.15) is 0 Å². The molecule has 28 heavy (non-hydrogen) atoms. The number of ether oxygens (including phenoxy) is 2. The van der Waals surface area contributed by atoms with Crippen molar-refractivity contribution in [1.82, 2.24) is 0 Å². The van der Waals surface area contributed by atoms with Gasteiger partial charge < -0.3 is 9.47 Å². The molecule has 3 aromatic carbocycles. The van der Waals surface area contributed by atoms with Crippen molar-refractivity contribution in [3.8, 4) is 11.5 Å². The highest BCUT2D eigenvalue weighted by atomic mass is 35.5. The monoisotopic (exact) mass is 414 g/mol. The van der Waals surface area contributed by atoms with Crippen LogP contribution in [0.1, 0.15) is 31.8 Å². The molecule has 0 spiro atoms. The van der Waals surface area contributed by atoms with E-state index in [0.717, 1.165) is 11.1 Å². The summed E-state index contributed by atoms with van der Waals surface area (Å²) in [6.07, 6.45) is 0. The van der Waals surface area contributed by atoms with Crippen LogP contribution in [0.3, 0.4) is 0 Å². The molecule has 142 valence electrons. The molecule has 0 atom stereocenters. The fourth-order valence-corrected chi connectivity index (χ4v) is 2.78. The van der Waals surface area contributed by atoms with E-state index in [4.69, 9.17) is 32.7 Å². The Hall–Kier alpha value is -2.82. The first-order valence-corrected chi connectivity index (χ1v) is 9.16. The third-order valence-corrected chi connectivity index (χ3v) is 4.54. The molecule has 0 fully saturated rings. The molecule has 0 aliphatic heterocycles. The van der Waals surface area contributed by atoms with E-state index in [1.54, 1.807) is 42.5 Å². The number of aryl methyl sites for hydroxylation is 2. The largest absolute Gasteiger partial charge is 0.421 e. The molecule has 0 saturated heterocycles. The zero-order valence-electron chi connectivity index (χ0n) is 15.2. The first kappa shape index (κ1) is 19.9. The topological polar surface area (TPSA) is 52.6 Å². The van der Waals surface area contributed by atoms with E-state index < -0.39 is 11.9 Å². The summed E-state index contributed by atoms with van der Waals surface area (Å²) < 4.78 is 10.7. The lowest BCUT2D eigenvalue weighted by Crippen LogP contribution is -2.13. The molecule has 0 radical (unpaired) electrons. The molecular formula is C22H16Cl2O4. The Bertz CT molecular complexity index is 979. The van der Waals surface area contributed by atoms with Gasteiger partial charge in [-0.15, -0.1) is 0 Å². The number of carbonyl (C=O) groups excluding carboxylic acids is 2. The van der Waals surface area contributed by atoms with Crippen molar-refractivity contribution in [2.75, 3.05) is 0 Å².